The number of allylic oxidation sites excluding steroid dienone is 2. The van der Waals surface area contributed by atoms with Crippen molar-refractivity contribution >= 4 is 39.1 Å². The summed E-state index contributed by atoms with van der Waals surface area (Å²) in [4.78, 5) is 37.6. The van der Waals surface area contributed by atoms with Gasteiger partial charge in [0.25, 0.3) is 5.69 Å². The molecule has 24 heavy (non-hydrogen) atoms. The molecule has 1 aromatic rings. The quantitative estimate of drug-likeness (QED) is 0.337. The van der Waals surface area contributed by atoms with Crippen molar-refractivity contribution in [2.75, 3.05) is 4.90 Å². The summed E-state index contributed by atoms with van der Waals surface area (Å²) in [6.07, 6.45) is 5.37. The molecule has 2 saturated carbocycles. The van der Waals surface area contributed by atoms with Gasteiger partial charge in [-0.3, -0.25) is 19.7 Å². The van der Waals surface area contributed by atoms with Gasteiger partial charge in [-0.1, -0.05) is 12.2 Å². The Balaban J connectivity index is 1.56. The predicted molar refractivity (Wildman–Crippen MR) is 88.0 cm³/mol. The van der Waals surface area contributed by atoms with Crippen LogP contribution in [0, 0.1) is 45.6 Å². The van der Waals surface area contributed by atoms with E-state index >= 15 is 0 Å². The van der Waals surface area contributed by atoms with Gasteiger partial charge in [-0.05, 0) is 52.1 Å². The first kappa shape index (κ1) is 14.3. The van der Waals surface area contributed by atoms with Crippen LogP contribution in [0.2, 0.25) is 0 Å². The van der Waals surface area contributed by atoms with Crippen molar-refractivity contribution in [3.63, 3.8) is 0 Å². The fraction of sp³-hybridized carbons (Fsp3) is 0.412. The summed E-state index contributed by atoms with van der Waals surface area (Å²) in [7, 11) is 0. The van der Waals surface area contributed by atoms with E-state index < -0.39 is 4.92 Å². The largest absolute Gasteiger partial charge is 0.274 e. The molecule has 122 valence electrons. The Morgan fingerprint density at radius 3 is 2.17 bits per heavy atom. The van der Waals surface area contributed by atoms with Crippen molar-refractivity contribution < 1.29 is 14.5 Å². The fourth-order valence-electron chi connectivity index (χ4n) is 4.99. The molecule has 1 heterocycles. The van der Waals surface area contributed by atoms with Crippen LogP contribution in [0.3, 0.4) is 0 Å². The molecule has 2 bridgehead atoms. The minimum atomic E-state index is -0.500. The molecule has 6 nitrogen and oxygen atoms in total. The first-order chi connectivity index (χ1) is 11.5. The Morgan fingerprint density at radius 2 is 1.67 bits per heavy atom. The van der Waals surface area contributed by atoms with Gasteiger partial charge in [0.1, 0.15) is 0 Å². The van der Waals surface area contributed by atoms with Crippen LogP contribution >= 0.6 is 15.9 Å². The van der Waals surface area contributed by atoms with Gasteiger partial charge in [-0.25, -0.2) is 4.90 Å². The number of amides is 2. The zero-order chi connectivity index (χ0) is 16.7. The van der Waals surface area contributed by atoms with E-state index in [1.165, 1.54) is 23.1 Å². The summed E-state index contributed by atoms with van der Waals surface area (Å²) in [5, 5.41) is 10.9. The minimum absolute atomic E-state index is 0.0786. The number of nitro groups is 1. The van der Waals surface area contributed by atoms with Crippen LogP contribution in [0.1, 0.15) is 6.42 Å². The number of carbonyl (C=O) groups is 2. The summed E-state index contributed by atoms with van der Waals surface area (Å²) in [5.41, 5.74) is 0.322. The van der Waals surface area contributed by atoms with E-state index in [-0.39, 0.29) is 41.2 Å². The molecule has 4 aliphatic carbocycles. The number of nitrogens with zero attached hydrogens (tertiary/aromatic N) is 2. The third-order valence-electron chi connectivity index (χ3n) is 6.05. The molecule has 6 atom stereocenters. The van der Waals surface area contributed by atoms with Crippen LogP contribution in [-0.4, -0.2) is 16.7 Å². The van der Waals surface area contributed by atoms with Crippen molar-refractivity contribution in [3.05, 3.63) is 44.9 Å². The Kier molecular flexibility index (Phi) is 2.71. The first-order valence-electron chi connectivity index (χ1n) is 7.99. The number of rotatable bonds is 2. The molecule has 0 aromatic heterocycles. The SMILES string of the molecule is O=C1[C@@H]2[C@H]3C=C[C@@H]([C@@H]4C[C@H]34)[C@@H]2C(=O)N1c1ccc([N+](=O)[O-])cc1Br. The van der Waals surface area contributed by atoms with Crippen molar-refractivity contribution in [2.24, 2.45) is 35.5 Å². The number of anilines is 1. The zero-order valence-corrected chi connectivity index (χ0v) is 14.0. The highest BCUT2D eigenvalue weighted by Gasteiger charge is 2.67. The number of nitro benzene ring substituents is 1. The molecular formula is C17H13BrN2O4. The highest BCUT2D eigenvalue weighted by atomic mass is 79.9. The number of halogens is 1. The lowest BCUT2D eigenvalue weighted by atomic mass is 9.63. The summed E-state index contributed by atoms with van der Waals surface area (Å²) in [6, 6.07) is 4.14. The number of benzene rings is 1. The zero-order valence-electron chi connectivity index (χ0n) is 12.5. The first-order valence-corrected chi connectivity index (χ1v) is 8.78. The Hall–Kier alpha value is -2.02. The molecule has 1 aromatic carbocycles. The Morgan fingerprint density at radius 1 is 1.08 bits per heavy atom. The minimum Gasteiger partial charge on any atom is -0.274 e. The van der Waals surface area contributed by atoms with Gasteiger partial charge in [0.05, 0.1) is 22.4 Å². The lowest BCUT2D eigenvalue weighted by Crippen LogP contribution is -2.40. The van der Waals surface area contributed by atoms with E-state index in [4.69, 9.17) is 0 Å². The summed E-state index contributed by atoms with van der Waals surface area (Å²) in [5.74, 6) is 0.591. The molecular weight excluding hydrogens is 376 g/mol. The van der Waals surface area contributed by atoms with E-state index in [1.54, 1.807) is 0 Å². The molecule has 0 unspecified atom stereocenters. The van der Waals surface area contributed by atoms with Crippen LogP contribution in [0.5, 0.6) is 0 Å². The van der Waals surface area contributed by atoms with Gasteiger partial charge >= 0.3 is 0 Å². The molecule has 1 saturated heterocycles. The van der Waals surface area contributed by atoms with Crippen molar-refractivity contribution in [1.29, 1.82) is 0 Å². The van der Waals surface area contributed by atoms with E-state index in [1.807, 2.05) is 0 Å². The molecule has 0 N–H and O–H groups in total. The smallest absolute Gasteiger partial charge is 0.270 e. The monoisotopic (exact) mass is 388 g/mol. The average molecular weight is 389 g/mol. The fourth-order valence-corrected chi connectivity index (χ4v) is 5.53. The van der Waals surface area contributed by atoms with Crippen molar-refractivity contribution in [2.45, 2.75) is 6.42 Å². The molecule has 1 aliphatic heterocycles. The number of hydrogen-bond donors (Lipinski definition) is 0. The Bertz CT molecular complexity index is 815. The Labute approximate surface area is 145 Å². The topological polar surface area (TPSA) is 80.5 Å². The van der Waals surface area contributed by atoms with Crippen molar-refractivity contribution in [1.82, 2.24) is 0 Å². The molecule has 0 radical (unpaired) electrons. The highest BCUT2D eigenvalue weighted by Crippen LogP contribution is 2.65. The normalized spacial score (nSPS) is 38.3. The number of hydrogen-bond acceptors (Lipinski definition) is 4. The number of imide groups is 1. The van der Waals surface area contributed by atoms with Crippen molar-refractivity contribution in [3.8, 4) is 0 Å². The summed E-state index contributed by atoms with van der Waals surface area (Å²) < 4.78 is 0.391. The number of non-ortho nitro benzene ring substituents is 1. The summed E-state index contributed by atoms with van der Waals surface area (Å²) >= 11 is 3.28. The summed E-state index contributed by atoms with van der Waals surface area (Å²) in [6.45, 7) is 0. The maximum Gasteiger partial charge on any atom is 0.270 e. The van der Waals surface area contributed by atoms with Gasteiger partial charge in [-0.2, -0.15) is 0 Å². The van der Waals surface area contributed by atoms with Gasteiger partial charge in [0.2, 0.25) is 11.8 Å². The maximum atomic E-state index is 13.0. The van der Waals surface area contributed by atoms with Crippen LogP contribution in [0.25, 0.3) is 0 Å². The van der Waals surface area contributed by atoms with Crippen LogP contribution in [-0.2, 0) is 9.59 Å². The standard InChI is InChI=1S/C17H13BrN2O4/c18-12-5-7(20(23)24)1-4-13(12)19-16(21)14-8-2-3-9(11-6-10(8)11)15(14)17(19)22/h1-5,8-11,14-15H,6H2/t8-,9-,10-,11+,14-,15+/m0/s1. The predicted octanol–water partition coefficient (Wildman–Crippen LogP) is 2.91. The number of carbonyl (C=O) groups excluding carboxylic acids is 2. The second-order valence-corrected chi connectivity index (χ2v) is 7.91. The van der Waals surface area contributed by atoms with E-state index in [9.17, 15) is 19.7 Å². The molecule has 3 fully saturated rings. The molecule has 0 spiro atoms. The second kappa shape index (κ2) is 4.53. The van der Waals surface area contributed by atoms with E-state index in [2.05, 4.69) is 28.1 Å². The lowest BCUT2D eigenvalue weighted by Gasteiger charge is -2.37. The third-order valence-corrected chi connectivity index (χ3v) is 6.68. The average Bonchev–Trinajstić information content (AvgIpc) is 3.33. The van der Waals surface area contributed by atoms with Crippen LogP contribution < -0.4 is 4.90 Å². The molecule has 7 heteroatoms. The molecule has 2 amide bonds. The van der Waals surface area contributed by atoms with Gasteiger partial charge in [-0.15, -0.1) is 0 Å². The van der Waals surface area contributed by atoms with E-state index in [0.29, 0.717) is 22.0 Å². The van der Waals surface area contributed by atoms with Crippen LogP contribution in [0.4, 0.5) is 11.4 Å². The maximum absolute atomic E-state index is 13.0. The third kappa shape index (κ3) is 1.65. The van der Waals surface area contributed by atoms with Gasteiger partial charge in [0.15, 0.2) is 0 Å². The second-order valence-electron chi connectivity index (χ2n) is 7.06. The van der Waals surface area contributed by atoms with Crippen LogP contribution in [0.15, 0.2) is 34.8 Å². The highest BCUT2D eigenvalue weighted by molar-refractivity contribution is 9.10. The molecule has 6 rings (SSSR count). The lowest BCUT2D eigenvalue weighted by molar-refractivity contribution is -0.384. The van der Waals surface area contributed by atoms with Gasteiger partial charge < -0.3 is 0 Å². The molecule has 5 aliphatic rings. The van der Waals surface area contributed by atoms with Gasteiger partial charge in [0, 0.05) is 16.6 Å². The van der Waals surface area contributed by atoms with E-state index in [0.717, 1.165) is 6.42 Å².